The third-order valence-corrected chi connectivity index (χ3v) is 4.36. The van der Waals surface area contributed by atoms with Crippen molar-refractivity contribution in [1.82, 2.24) is 4.90 Å². The van der Waals surface area contributed by atoms with E-state index in [0.29, 0.717) is 12.1 Å². The molecule has 2 atom stereocenters. The van der Waals surface area contributed by atoms with Crippen molar-refractivity contribution in [3.8, 4) is 0 Å². The predicted molar refractivity (Wildman–Crippen MR) is 73.7 cm³/mol. The van der Waals surface area contributed by atoms with Crippen molar-refractivity contribution in [2.45, 2.75) is 50.7 Å². The summed E-state index contributed by atoms with van der Waals surface area (Å²) in [6.45, 7) is 3.24. The monoisotopic (exact) mass is 262 g/mol. The molecule has 0 aromatic carbocycles. The molecular weight excluding hydrogens is 236 g/mol. The van der Waals surface area contributed by atoms with Crippen molar-refractivity contribution in [3.63, 3.8) is 0 Å². The minimum atomic E-state index is 0. The van der Waals surface area contributed by atoms with Gasteiger partial charge in [-0.2, -0.15) is 0 Å². The van der Waals surface area contributed by atoms with Gasteiger partial charge in [-0.1, -0.05) is 12.8 Å². The molecule has 0 bridgehead atoms. The van der Waals surface area contributed by atoms with Crippen LogP contribution in [-0.2, 0) is 4.74 Å². The molecule has 0 amide bonds. The molecule has 4 heteroatoms. The molecule has 1 saturated carbocycles. The van der Waals surface area contributed by atoms with Gasteiger partial charge >= 0.3 is 0 Å². The lowest BCUT2D eigenvalue weighted by Crippen LogP contribution is -2.49. The van der Waals surface area contributed by atoms with Crippen molar-refractivity contribution >= 4 is 12.4 Å². The van der Waals surface area contributed by atoms with E-state index in [2.05, 4.69) is 4.90 Å². The lowest BCUT2D eigenvalue weighted by atomic mass is 9.97. The van der Waals surface area contributed by atoms with Gasteiger partial charge < -0.3 is 10.5 Å². The van der Waals surface area contributed by atoms with Crippen LogP contribution in [0, 0.1) is 5.92 Å². The van der Waals surface area contributed by atoms with E-state index in [1.807, 2.05) is 7.11 Å². The summed E-state index contributed by atoms with van der Waals surface area (Å²) < 4.78 is 5.46. The quantitative estimate of drug-likeness (QED) is 0.843. The highest BCUT2D eigenvalue weighted by Gasteiger charge is 2.29. The second kappa shape index (κ2) is 7.57. The zero-order valence-corrected chi connectivity index (χ0v) is 11.8. The number of piperidine rings is 1. The van der Waals surface area contributed by atoms with Crippen LogP contribution in [0.2, 0.25) is 0 Å². The topological polar surface area (TPSA) is 38.5 Å². The standard InChI is InChI=1S/C13H26N2O.ClH/c1-16-13-6-7-15(12(8-13)9-14)10-11-4-2-3-5-11;/h11-13H,2-10,14H2,1H3;1H. The summed E-state index contributed by atoms with van der Waals surface area (Å²) >= 11 is 0. The summed E-state index contributed by atoms with van der Waals surface area (Å²) in [7, 11) is 1.82. The average Bonchev–Trinajstić information content (AvgIpc) is 2.82. The zero-order valence-electron chi connectivity index (χ0n) is 10.9. The van der Waals surface area contributed by atoms with E-state index in [1.165, 1.54) is 45.2 Å². The Bertz CT molecular complexity index is 210. The fraction of sp³-hybridized carbons (Fsp3) is 1.00. The molecule has 1 aliphatic carbocycles. The van der Waals surface area contributed by atoms with Gasteiger partial charge in [0.15, 0.2) is 0 Å². The fourth-order valence-corrected chi connectivity index (χ4v) is 3.29. The summed E-state index contributed by atoms with van der Waals surface area (Å²) in [5.41, 5.74) is 5.89. The Morgan fingerprint density at radius 3 is 2.53 bits per heavy atom. The number of rotatable bonds is 4. The van der Waals surface area contributed by atoms with Crippen LogP contribution in [0.25, 0.3) is 0 Å². The molecule has 1 saturated heterocycles. The molecule has 17 heavy (non-hydrogen) atoms. The molecule has 0 spiro atoms. The van der Waals surface area contributed by atoms with Gasteiger partial charge in [-0.25, -0.2) is 0 Å². The van der Waals surface area contributed by atoms with E-state index >= 15 is 0 Å². The molecule has 2 aliphatic rings. The maximum atomic E-state index is 5.89. The number of likely N-dealkylation sites (tertiary alicyclic amines) is 1. The van der Waals surface area contributed by atoms with E-state index in [0.717, 1.165) is 18.9 Å². The first-order valence-corrected chi connectivity index (χ1v) is 6.80. The van der Waals surface area contributed by atoms with E-state index in [1.54, 1.807) is 0 Å². The van der Waals surface area contributed by atoms with Gasteiger partial charge in [-0.15, -0.1) is 12.4 Å². The molecule has 1 heterocycles. The summed E-state index contributed by atoms with van der Waals surface area (Å²) in [6.07, 6.45) is 8.48. The van der Waals surface area contributed by atoms with Gasteiger partial charge in [-0.05, 0) is 31.6 Å². The van der Waals surface area contributed by atoms with Crippen LogP contribution in [0.5, 0.6) is 0 Å². The van der Waals surface area contributed by atoms with Gasteiger partial charge in [0.25, 0.3) is 0 Å². The maximum absolute atomic E-state index is 5.89. The van der Waals surface area contributed by atoms with Crippen molar-refractivity contribution in [2.24, 2.45) is 11.7 Å². The third-order valence-electron chi connectivity index (χ3n) is 4.36. The van der Waals surface area contributed by atoms with E-state index < -0.39 is 0 Å². The predicted octanol–water partition coefficient (Wildman–Crippen LogP) is 2.04. The number of hydrogen-bond donors (Lipinski definition) is 1. The molecule has 2 rings (SSSR count). The van der Waals surface area contributed by atoms with Crippen LogP contribution >= 0.6 is 12.4 Å². The first-order valence-electron chi connectivity index (χ1n) is 6.80. The lowest BCUT2D eigenvalue weighted by molar-refractivity contribution is 0.00805. The highest BCUT2D eigenvalue weighted by atomic mass is 35.5. The Labute approximate surface area is 111 Å². The summed E-state index contributed by atoms with van der Waals surface area (Å²) in [4.78, 5) is 2.62. The van der Waals surface area contributed by atoms with Gasteiger partial charge in [-0.3, -0.25) is 4.90 Å². The third kappa shape index (κ3) is 4.09. The average molecular weight is 263 g/mol. The minimum absolute atomic E-state index is 0. The first-order chi connectivity index (χ1) is 7.83. The molecule has 3 nitrogen and oxygen atoms in total. The number of hydrogen-bond acceptors (Lipinski definition) is 3. The van der Waals surface area contributed by atoms with Crippen LogP contribution in [0.4, 0.5) is 0 Å². The smallest absolute Gasteiger partial charge is 0.0599 e. The fourth-order valence-electron chi connectivity index (χ4n) is 3.29. The number of methoxy groups -OCH3 is 1. The van der Waals surface area contributed by atoms with Crippen LogP contribution in [0.1, 0.15) is 38.5 Å². The van der Waals surface area contributed by atoms with Gasteiger partial charge in [0.1, 0.15) is 0 Å². The van der Waals surface area contributed by atoms with E-state index in [4.69, 9.17) is 10.5 Å². The Balaban J connectivity index is 0.00000144. The molecular formula is C13H27ClN2O. The summed E-state index contributed by atoms with van der Waals surface area (Å²) in [5, 5.41) is 0. The van der Waals surface area contributed by atoms with Crippen LogP contribution in [0.15, 0.2) is 0 Å². The second-order valence-electron chi connectivity index (χ2n) is 5.42. The number of ether oxygens (including phenoxy) is 1. The Morgan fingerprint density at radius 1 is 1.24 bits per heavy atom. The second-order valence-corrected chi connectivity index (χ2v) is 5.42. The molecule has 2 N–H and O–H groups in total. The Hall–Kier alpha value is 0.170. The van der Waals surface area contributed by atoms with Crippen molar-refractivity contribution in [3.05, 3.63) is 0 Å². The Morgan fingerprint density at radius 2 is 1.94 bits per heavy atom. The molecule has 2 unspecified atom stereocenters. The SMILES string of the molecule is COC1CCN(CC2CCCC2)C(CN)C1.Cl. The molecule has 1 aliphatic heterocycles. The minimum Gasteiger partial charge on any atom is -0.381 e. The number of halogens is 1. The van der Waals surface area contributed by atoms with Crippen LogP contribution in [-0.4, -0.2) is 43.8 Å². The highest BCUT2D eigenvalue weighted by molar-refractivity contribution is 5.85. The summed E-state index contributed by atoms with van der Waals surface area (Å²) in [5.74, 6) is 0.938. The molecule has 0 radical (unpaired) electrons. The summed E-state index contributed by atoms with van der Waals surface area (Å²) in [6, 6.07) is 0.555. The molecule has 0 aromatic rings. The number of nitrogens with zero attached hydrogens (tertiary/aromatic N) is 1. The van der Waals surface area contributed by atoms with Crippen molar-refractivity contribution in [2.75, 3.05) is 26.7 Å². The van der Waals surface area contributed by atoms with Crippen LogP contribution < -0.4 is 5.73 Å². The Kier molecular flexibility index (Phi) is 6.78. The van der Waals surface area contributed by atoms with E-state index in [9.17, 15) is 0 Å². The van der Waals surface area contributed by atoms with Gasteiger partial charge in [0.2, 0.25) is 0 Å². The largest absolute Gasteiger partial charge is 0.381 e. The first kappa shape index (κ1) is 15.2. The van der Waals surface area contributed by atoms with E-state index in [-0.39, 0.29) is 12.4 Å². The zero-order chi connectivity index (χ0) is 11.4. The van der Waals surface area contributed by atoms with Gasteiger partial charge in [0.05, 0.1) is 6.10 Å². The maximum Gasteiger partial charge on any atom is 0.0599 e. The van der Waals surface area contributed by atoms with Crippen molar-refractivity contribution < 1.29 is 4.74 Å². The van der Waals surface area contributed by atoms with Crippen molar-refractivity contribution in [1.29, 1.82) is 0 Å². The van der Waals surface area contributed by atoms with Gasteiger partial charge in [0, 0.05) is 32.8 Å². The van der Waals surface area contributed by atoms with Crippen LogP contribution in [0.3, 0.4) is 0 Å². The molecule has 102 valence electrons. The highest BCUT2D eigenvalue weighted by Crippen LogP contribution is 2.28. The number of nitrogens with two attached hydrogens (primary N) is 1. The normalized spacial score (nSPS) is 31.4. The molecule has 2 fully saturated rings. The molecule has 0 aromatic heterocycles. The lowest BCUT2D eigenvalue weighted by Gasteiger charge is -2.39.